The first-order valence-electron chi connectivity index (χ1n) is 6.88. The summed E-state index contributed by atoms with van der Waals surface area (Å²) in [6.45, 7) is 0. The van der Waals surface area contributed by atoms with Gasteiger partial charge in [0.1, 0.15) is 15.5 Å². The fourth-order valence-corrected chi connectivity index (χ4v) is 3.77. The van der Waals surface area contributed by atoms with Crippen molar-refractivity contribution < 1.29 is 23.1 Å². The van der Waals surface area contributed by atoms with E-state index in [0.29, 0.717) is 21.9 Å². The third-order valence-corrected chi connectivity index (χ3v) is 5.26. The highest BCUT2D eigenvalue weighted by Gasteiger charge is 2.41. The Hall–Kier alpha value is -2.10. The van der Waals surface area contributed by atoms with E-state index in [9.17, 15) is 22.8 Å². The number of carbonyl (C=O) groups is 1. The summed E-state index contributed by atoms with van der Waals surface area (Å²) in [7, 11) is 0. The number of hydrogen-bond donors (Lipinski definition) is 2. The van der Waals surface area contributed by atoms with Crippen LogP contribution in [0.1, 0.15) is 26.6 Å². The molecule has 0 amide bonds. The van der Waals surface area contributed by atoms with Gasteiger partial charge in [-0.05, 0) is 17.7 Å². The minimum Gasteiger partial charge on any atom is -0.477 e. The largest absolute Gasteiger partial charge is 0.477 e. The molecule has 0 aliphatic rings. The van der Waals surface area contributed by atoms with E-state index in [-0.39, 0.29) is 22.1 Å². The first-order valence-corrected chi connectivity index (χ1v) is 8.45. The summed E-state index contributed by atoms with van der Waals surface area (Å²) in [5.41, 5.74) is -1.92. The number of H-pyrrole nitrogens is 1. The van der Waals surface area contributed by atoms with Crippen molar-refractivity contribution in [2.24, 2.45) is 0 Å². The lowest BCUT2D eigenvalue weighted by molar-refractivity contribution is -0.136. The molecule has 1 aromatic carbocycles. The number of aromatic amines is 1. The van der Waals surface area contributed by atoms with E-state index in [2.05, 4.69) is 9.97 Å². The molecule has 0 saturated carbocycles. The molecule has 2 aromatic heterocycles. The number of nitrogens with zero attached hydrogens (tertiary/aromatic N) is 1. The Morgan fingerprint density at radius 2 is 1.96 bits per heavy atom. The molecule has 0 aliphatic carbocycles. The second-order valence-electron chi connectivity index (χ2n) is 5.23. The molecule has 0 saturated heterocycles. The molecule has 0 unspecified atom stereocenters. The summed E-state index contributed by atoms with van der Waals surface area (Å²) in [6.07, 6.45) is -4.92. The number of halogens is 5. The van der Waals surface area contributed by atoms with E-state index in [1.54, 1.807) is 6.07 Å². The van der Waals surface area contributed by atoms with Gasteiger partial charge in [0.2, 0.25) is 0 Å². The van der Waals surface area contributed by atoms with Crippen LogP contribution in [0.5, 0.6) is 0 Å². The zero-order valence-corrected chi connectivity index (χ0v) is 14.8. The predicted molar refractivity (Wildman–Crippen MR) is 91.5 cm³/mol. The van der Waals surface area contributed by atoms with Crippen molar-refractivity contribution in [1.29, 1.82) is 0 Å². The molecule has 0 aliphatic heterocycles. The zero-order valence-electron chi connectivity index (χ0n) is 12.4. The molecule has 0 atom stereocenters. The lowest BCUT2D eigenvalue weighted by atomic mass is 10.1. The van der Waals surface area contributed by atoms with Crippen LogP contribution < -0.4 is 5.56 Å². The number of carboxylic acid groups (broad SMARTS) is 1. The Labute approximate surface area is 157 Å². The maximum atomic E-state index is 13.2. The fourth-order valence-electron chi connectivity index (χ4n) is 2.40. The maximum absolute atomic E-state index is 13.2. The van der Waals surface area contributed by atoms with Gasteiger partial charge < -0.3 is 10.1 Å². The van der Waals surface area contributed by atoms with Gasteiger partial charge in [-0.25, -0.2) is 9.78 Å². The summed E-state index contributed by atoms with van der Waals surface area (Å²) in [5.74, 6) is -1.70. The van der Waals surface area contributed by atoms with Crippen molar-refractivity contribution in [1.82, 2.24) is 9.97 Å². The molecular formula is C15H7Cl2F3N2O3S. The number of benzene rings is 1. The van der Waals surface area contributed by atoms with Crippen molar-refractivity contribution in [3.8, 4) is 0 Å². The number of carboxylic acids is 1. The Balaban J connectivity index is 2.15. The topological polar surface area (TPSA) is 83.0 Å². The van der Waals surface area contributed by atoms with Gasteiger partial charge in [-0.15, -0.1) is 11.3 Å². The molecule has 0 spiro atoms. The van der Waals surface area contributed by atoms with Crippen LogP contribution in [0.4, 0.5) is 13.2 Å². The SMILES string of the molecule is O=C(O)c1sc2nc(Cc3ccc(Cl)c(Cl)c3)[nH]c(=O)c2c1C(F)(F)F. The van der Waals surface area contributed by atoms with E-state index in [0.717, 1.165) is 0 Å². The van der Waals surface area contributed by atoms with E-state index in [4.69, 9.17) is 28.3 Å². The molecule has 0 bridgehead atoms. The summed E-state index contributed by atoms with van der Waals surface area (Å²) in [4.78, 5) is 28.3. The number of thiophene rings is 1. The van der Waals surface area contributed by atoms with E-state index >= 15 is 0 Å². The Kier molecular flexibility index (Phi) is 4.72. The molecule has 0 fully saturated rings. The maximum Gasteiger partial charge on any atom is 0.418 e. The molecule has 2 heterocycles. The smallest absolute Gasteiger partial charge is 0.418 e. The lowest BCUT2D eigenvalue weighted by Gasteiger charge is -2.06. The second kappa shape index (κ2) is 6.57. The van der Waals surface area contributed by atoms with Crippen LogP contribution in [0.2, 0.25) is 10.0 Å². The molecule has 0 radical (unpaired) electrons. The molecule has 26 heavy (non-hydrogen) atoms. The van der Waals surface area contributed by atoms with Gasteiger partial charge in [0.15, 0.2) is 0 Å². The summed E-state index contributed by atoms with van der Waals surface area (Å²) in [5, 5.41) is 8.85. The predicted octanol–water partition coefficient (Wildman–Crippen LogP) is 4.60. The molecule has 3 aromatic rings. The van der Waals surface area contributed by atoms with Crippen LogP contribution in [0.15, 0.2) is 23.0 Å². The third-order valence-electron chi connectivity index (χ3n) is 3.44. The minimum absolute atomic E-state index is 0.0731. The molecular weight excluding hydrogens is 416 g/mol. The van der Waals surface area contributed by atoms with Gasteiger partial charge in [0.05, 0.1) is 21.0 Å². The quantitative estimate of drug-likeness (QED) is 0.645. The number of fused-ring (bicyclic) bond motifs is 1. The van der Waals surface area contributed by atoms with Crippen LogP contribution >= 0.6 is 34.5 Å². The van der Waals surface area contributed by atoms with Gasteiger partial charge in [-0.3, -0.25) is 4.79 Å². The number of hydrogen-bond acceptors (Lipinski definition) is 4. The lowest BCUT2D eigenvalue weighted by Crippen LogP contribution is -2.17. The van der Waals surface area contributed by atoms with Crippen molar-refractivity contribution in [2.45, 2.75) is 12.6 Å². The van der Waals surface area contributed by atoms with Gasteiger partial charge in [-0.2, -0.15) is 13.2 Å². The molecule has 3 rings (SSSR count). The van der Waals surface area contributed by atoms with Crippen molar-refractivity contribution in [3.63, 3.8) is 0 Å². The minimum atomic E-state index is -4.99. The van der Waals surface area contributed by atoms with Crippen molar-refractivity contribution in [3.05, 3.63) is 60.4 Å². The Bertz CT molecular complexity index is 1090. The van der Waals surface area contributed by atoms with Crippen LogP contribution in [-0.2, 0) is 12.6 Å². The first-order chi connectivity index (χ1) is 12.1. The summed E-state index contributed by atoms with van der Waals surface area (Å²) in [6, 6.07) is 4.69. The molecule has 2 N–H and O–H groups in total. The van der Waals surface area contributed by atoms with E-state index < -0.39 is 33.5 Å². The van der Waals surface area contributed by atoms with Gasteiger partial charge >= 0.3 is 12.1 Å². The number of aromatic nitrogens is 2. The molecule has 136 valence electrons. The van der Waals surface area contributed by atoms with Gasteiger partial charge in [0, 0.05) is 6.42 Å². The van der Waals surface area contributed by atoms with E-state index in [1.807, 2.05) is 0 Å². The van der Waals surface area contributed by atoms with Crippen molar-refractivity contribution >= 4 is 50.7 Å². The van der Waals surface area contributed by atoms with Gasteiger partial charge in [0.25, 0.3) is 5.56 Å². The summed E-state index contributed by atoms with van der Waals surface area (Å²) >= 11 is 12.0. The Morgan fingerprint density at radius 3 is 2.54 bits per heavy atom. The highest BCUT2D eigenvalue weighted by molar-refractivity contribution is 7.20. The number of rotatable bonds is 3. The number of aromatic carboxylic acids is 1. The highest BCUT2D eigenvalue weighted by Crippen LogP contribution is 2.40. The van der Waals surface area contributed by atoms with Crippen molar-refractivity contribution in [2.75, 3.05) is 0 Å². The van der Waals surface area contributed by atoms with Crippen LogP contribution in [0.25, 0.3) is 10.2 Å². The Morgan fingerprint density at radius 1 is 1.27 bits per heavy atom. The standard InChI is InChI=1S/C15H7Cl2F3N2O3S/c16-6-2-1-5(3-7(6)17)4-8-21-12(23)9-10(15(18,19)20)11(14(24)25)26-13(9)22-8/h1-3H,4H2,(H,24,25)(H,21,22,23). The van der Waals surface area contributed by atoms with Crippen LogP contribution in [0, 0.1) is 0 Å². The van der Waals surface area contributed by atoms with Gasteiger partial charge in [-0.1, -0.05) is 29.3 Å². The summed E-state index contributed by atoms with van der Waals surface area (Å²) < 4.78 is 39.7. The zero-order chi connectivity index (χ0) is 19.2. The van der Waals surface area contributed by atoms with E-state index in [1.165, 1.54) is 12.1 Å². The highest BCUT2D eigenvalue weighted by atomic mass is 35.5. The second-order valence-corrected chi connectivity index (χ2v) is 7.04. The normalized spacial score (nSPS) is 11.9. The average Bonchev–Trinajstić information content (AvgIpc) is 2.91. The molecule has 11 heteroatoms. The number of alkyl halides is 3. The van der Waals surface area contributed by atoms with Crippen LogP contribution in [-0.4, -0.2) is 21.0 Å². The molecule has 5 nitrogen and oxygen atoms in total. The monoisotopic (exact) mass is 422 g/mol. The fraction of sp³-hybridized carbons (Fsp3) is 0.133. The first kappa shape index (κ1) is 18.7. The average molecular weight is 423 g/mol. The number of nitrogens with one attached hydrogen (secondary N) is 1. The van der Waals surface area contributed by atoms with Crippen LogP contribution in [0.3, 0.4) is 0 Å². The third kappa shape index (κ3) is 3.42.